The lowest BCUT2D eigenvalue weighted by atomic mass is 9.75. The average molecular weight is 441 g/mol. The Labute approximate surface area is 191 Å². The van der Waals surface area contributed by atoms with Crippen LogP contribution in [0.3, 0.4) is 0 Å². The van der Waals surface area contributed by atoms with E-state index in [0.29, 0.717) is 18.5 Å². The van der Waals surface area contributed by atoms with Gasteiger partial charge in [0.2, 0.25) is 5.91 Å². The van der Waals surface area contributed by atoms with E-state index in [0.717, 1.165) is 63.5 Å². The molecule has 1 aromatic heterocycles. The lowest BCUT2D eigenvalue weighted by Crippen LogP contribution is -2.41. The molecule has 1 amide bonds. The van der Waals surface area contributed by atoms with Crippen LogP contribution in [0.5, 0.6) is 0 Å². The lowest BCUT2D eigenvalue weighted by molar-refractivity contribution is -0.137. The zero-order valence-corrected chi connectivity index (χ0v) is 19.4. The number of hydrogen-bond donors (Lipinski definition) is 0. The van der Waals surface area contributed by atoms with E-state index < -0.39 is 5.60 Å². The second-order valence-corrected chi connectivity index (χ2v) is 10.1. The van der Waals surface area contributed by atoms with Gasteiger partial charge in [-0.05, 0) is 83.0 Å². The molecule has 5 rings (SSSR count). The van der Waals surface area contributed by atoms with Gasteiger partial charge in [-0.15, -0.1) is 0 Å². The van der Waals surface area contributed by atoms with Gasteiger partial charge in [-0.3, -0.25) is 4.79 Å². The largest absolute Gasteiger partial charge is 0.449 e. The fraction of sp³-hybridized carbons (Fsp3) is 0.720. The molecule has 0 atom stereocenters. The van der Waals surface area contributed by atoms with Crippen LogP contribution in [0.2, 0.25) is 0 Å². The maximum Gasteiger partial charge on any atom is 0.358 e. The van der Waals surface area contributed by atoms with Crippen molar-refractivity contribution in [3.05, 3.63) is 23.4 Å². The number of ether oxygens (including phenoxy) is 1. The summed E-state index contributed by atoms with van der Waals surface area (Å²) in [5, 5.41) is 0. The fourth-order valence-corrected chi connectivity index (χ4v) is 5.97. The zero-order valence-electron chi connectivity index (χ0n) is 19.4. The fourth-order valence-electron chi connectivity index (χ4n) is 5.97. The first kappa shape index (κ1) is 21.7. The highest BCUT2D eigenvalue weighted by molar-refractivity contribution is 5.93. The molecule has 4 heterocycles. The van der Waals surface area contributed by atoms with Crippen molar-refractivity contribution in [3.63, 3.8) is 0 Å². The van der Waals surface area contributed by atoms with Crippen LogP contribution in [-0.2, 0) is 15.1 Å². The van der Waals surface area contributed by atoms with Crippen LogP contribution in [0.4, 0.5) is 5.82 Å². The molecule has 1 aliphatic carbocycles. The second-order valence-electron chi connectivity index (χ2n) is 10.1. The van der Waals surface area contributed by atoms with E-state index in [1.807, 2.05) is 11.9 Å². The summed E-state index contributed by atoms with van der Waals surface area (Å²) in [6.45, 7) is 6.08. The van der Waals surface area contributed by atoms with E-state index in [1.54, 1.807) is 0 Å². The minimum atomic E-state index is -0.593. The Morgan fingerprint density at radius 2 is 1.78 bits per heavy atom. The summed E-state index contributed by atoms with van der Waals surface area (Å²) < 4.78 is 5.95. The third-order valence-corrected chi connectivity index (χ3v) is 8.00. The number of carbonyl (C=O) groups excluding carboxylic acids is 2. The first-order chi connectivity index (χ1) is 15.6. The maximum atomic E-state index is 13.0. The molecule has 1 saturated carbocycles. The van der Waals surface area contributed by atoms with Gasteiger partial charge in [0.25, 0.3) is 0 Å². The van der Waals surface area contributed by atoms with Crippen molar-refractivity contribution in [2.75, 3.05) is 51.2 Å². The first-order valence-electron chi connectivity index (χ1n) is 12.5. The van der Waals surface area contributed by atoms with E-state index in [-0.39, 0.29) is 17.8 Å². The minimum Gasteiger partial charge on any atom is -0.449 e. The van der Waals surface area contributed by atoms with Gasteiger partial charge in [-0.1, -0.05) is 0 Å². The third kappa shape index (κ3) is 4.12. The van der Waals surface area contributed by atoms with Crippen molar-refractivity contribution in [2.24, 2.45) is 5.92 Å². The average Bonchev–Trinajstić information content (AvgIpc) is 3.45. The van der Waals surface area contributed by atoms with Crippen LogP contribution >= 0.6 is 0 Å². The van der Waals surface area contributed by atoms with Gasteiger partial charge in [0, 0.05) is 44.7 Å². The van der Waals surface area contributed by atoms with E-state index >= 15 is 0 Å². The molecule has 0 radical (unpaired) electrons. The topological polar surface area (TPSA) is 66.0 Å². The summed E-state index contributed by atoms with van der Waals surface area (Å²) in [6.07, 6.45) is 9.08. The van der Waals surface area contributed by atoms with Crippen LogP contribution < -0.4 is 4.90 Å². The summed E-state index contributed by atoms with van der Waals surface area (Å²) in [5.74, 6) is 0.849. The number of aromatic nitrogens is 1. The Morgan fingerprint density at radius 3 is 2.50 bits per heavy atom. The maximum absolute atomic E-state index is 13.0. The number of pyridine rings is 1. The number of piperidine rings is 1. The molecule has 32 heavy (non-hydrogen) atoms. The number of rotatable bonds is 5. The van der Waals surface area contributed by atoms with Crippen molar-refractivity contribution in [2.45, 2.75) is 63.4 Å². The van der Waals surface area contributed by atoms with E-state index in [1.165, 1.54) is 32.1 Å². The monoisotopic (exact) mass is 440 g/mol. The quantitative estimate of drug-likeness (QED) is 0.655. The van der Waals surface area contributed by atoms with Gasteiger partial charge in [0.1, 0.15) is 11.4 Å². The highest BCUT2D eigenvalue weighted by Gasteiger charge is 2.49. The van der Waals surface area contributed by atoms with Crippen LogP contribution in [0.25, 0.3) is 0 Å². The highest BCUT2D eigenvalue weighted by atomic mass is 16.6. The van der Waals surface area contributed by atoms with Crippen molar-refractivity contribution < 1.29 is 14.3 Å². The smallest absolute Gasteiger partial charge is 0.358 e. The van der Waals surface area contributed by atoms with Gasteiger partial charge in [-0.25, -0.2) is 9.78 Å². The van der Waals surface area contributed by atoms with Crippen LogP contribution in [0.1, 0.15) is 73.8 Å². The minimum absolute atomic E-state index is 0.0209. The molecular weight excluding hydrogens is 404 g/mol. The molecule has 0 unspecified atom stereocenters. The van der Waals surface area contributed by atoms with Gasteiger partial charge < -0.3 is 19.4 Å². The van der Waals surface area contributed by atoms with Gasteiger partial charge in [0.05, 0.1) is 0 Å². The molecule has 3 aliphatic heterocycles. The molecule has 4 aliphatic rings. The summed E-state index contributed by atoms with van der Waals surface area (Å²) in [6, 6.07) is 4.11. The Balaban J connectivity index is 1.21. The van der Waals surface area contributed by atoms with Gasteiger partial charge in [-0.2, -0.15) is 0 Å². The van der Waals surface area contributed by atoms with E-state index in [2.05, 4.69) is 21.9 Å². The van der Waals surface area contributed by atoms with Crippen molar-refractivity contribution in [1.82, 2.24) is 14.8 Å². The van der Waals surface area contributed by atoms with Crippen molar-refractivity contribution in [3.8, 4) is 0 Å². The predicted molar refractivity (Wildman–Crippen MR) is 123 cm³/mol. The molecule has 1 aromatic rings. The number of carbonyl (C=O) groups is 2. The molecule has 174 valence electrons. The summed E-state index contributed by atoms with van der Waals surface area (Å²) in [4.78, 5) is 37.1. The Hall–Kier alpha value is -2.15. The normalized spacial score (nSPS) is 28.1. The molecule has 0 bridgehead atoms. The number of esters is 1. The number of amides is 1. The molecule has 0 aromatic carbocycles. The predicted octanol–water partition coefficient (Wildman–Crippen LogP) is 3.18. The number of nitrogens with zero attached hydrogens (tertiary/aromatic N) is 4. The summed E-state index contributed by atoms with van der Waals surface area (Å²) >= 11 is 0. The Morgan fingerprint density at radius 1 is 1.09 bits per heavy atom. The van der Waals surface area contributed by atoms with Crippen molar-refractivity contribution >= 4 is 17.7 Å². The molecule has 3 fully saturated rings. The lowest BCUT2D eigenvalue weighted by Gasteiger charge is -2.37. The second kappa shape index (κ2) is 9.00. The number of likely N-dealkylation sites (N-methyl/N-ethyl adjacent to an activating group) is 1. The van der Waals surface area contributed by atoms with Gasteiger partial charge in [0.15, 0.2) is 5.69 Å². The third-order valence-electron chi connectivity index (χ3n) is 8.00. The molecule has 2 saturated heterocycles. The Bertz CT molecular complexity index is 853. The summed E-state index contributed by atoms with van der Waals surface area (Å²) in [7, 11) is 1.93. The van der Waals surface area contributed by atoms with Crippen LogP contribution in [0.15, 0.2) is 12.1 Å². The van der Waals surface area contributed by atoms with Crippen LogP contribution in [0, 0.1) is 5.92 Å². The van der Waals surface area contributed by atoms with Crippen LogP contribution in [-0.4, -0.2) is 73.0 Å². The summed E-state index contributed by atoms with van der Waals surface area (Å²) in [5.41, 5.74) is 0.821. The zero-order chi connectivity index (χ0) is 22.1. The molecule has 7 nitrogen and oxygen atoms in total. The number of hydrogen-bond acceptors (Lipinski definition) is 6. The van der Waals surface area contributed by atoms with Gasteiger partial charge >= 0.3 is 5.97 Å². The van der Waals surface area contributed by atoms with E-state index in [9.17, 15) is 9.59 Å². The standard InChI is InChI=1S/C25H36N4O3/c1-27(17-18-28-13-5-6-14-28)23(30)19-9-11-25(12-10-19)20-7-8-21(26-22(20)24(31)32-25)29-15-3-2-4-16-29/h7-8,19H,2-6,9-18H2,1H3/t19-,25-. The molecule has 1 spiro atoms. The molecular formula is C25H36N4O3. The van der Waals surface area contributed by atoms with E-state index in [4.69, 9.17) is 9.72 Å². The first-order valence-corrected chi connectivity index (χ1v) is 12.5. The number of likely N-dealkylation sites (tertiary alicyclic amines) is 1. The molecule has 0 N–H and O–H groups in total. The highest BCUT2D eigenvalue weighted by Crippen LogP contribution is 2.48. The van der Waals surface area contributed by atoms with Crippen molar-refractivity contribution in [1.29, 1.82) is 0 Å². The molecule has 7 heteroatoms. The number of anilines is 1. The Kier molecular flexibility index (Phi) is 6.10. The SMILES string of the molecule is CN(CCN1CCCC1)C(=O)[C@H]1CC[C@@]2(CC1)OC(=O)c1nc(N3CCCCC3)ccc12. The number of fused-ring (bicyclic) bond motifs is 2.